The fraction of sp³-hybridized carbons (Fsp3) is 0.174. The van der Waals surface area contributed by atoms with Gasteiger partial charge in [-0.25, -0.2) is 4.98 Å². The second-order valence-electron chi connectivity index (χ2n) is 6.84. The molecule has 4 rings (SSSR count). The SMILES string of the molecule is COc1cc(CCc2cc(NC(=O)c3ccc4ccccc4n3)n[nH]2)cc(OC)c1. The topological polar surface area (TPSA) is 89.1 Å². The predicted octanol–water partition coefficient (Wildman–Crippen LogP) is 4.01. The zero-order valence-electron chi connectivity index (χ0n) is 16.8. The first-order chi connectivity index (χ1) is 14.6. The van der Waals surface area contributed by atoms with Crippen LogP contribution in [0.2, 0.25) is 0 Å². The molecule has 7 nitrogen and oxygen atoms in total. The molecule has 2 aromatic carbocycles. The van der Waals surface area contributed by atoms with Gasteiger partial charge in [-0.3, -0.25) is 9.89 Å². The monoisotopic (exact) mass is 402 g/mol. The minimum absolute atomic E-state index is 0.295. The van der Waals surface area contributed by atoms with Crippen LogP contribution in [0.5, 0.6) is 11.5 Å². The molecule has 4 aromatic rings. The Morgan fingerprint density at radius 1 is 0.967 bits per heavy atom. The van der Waals surface area contributed by atoms with Crippen LogP contribution in [0, 0.1) is 0 Å². The van der Waals surface area contributed by atoms with Crippen LogP contribution in [0.1, 0.15) is 21.7 Å². The number of rotatable bonds is 7. The van der Waals surface area contributed by atoms with Crippen LogP contribution in [-0.4, -0.2) is 35.3 Å². The summed E-state index contributed by atoms with van der Waals surface area (Å²) in [6, 6.07) is 18.9. The van der Waals surface area contributed by atoms with Gasteiger partial charge in [0.05, 0.1) is 19.7 Å². The van der Waals surface area contributed by atoms with Crippen molar-refractivity contribution in [2.24, 2.45) is 0 Å². The highest BCUT2D eigenvalue weighted by atomic mass is 16.5. The van der Waals surface area contributed by atoms with E-state index < -0.39 is 0 Å². The molecule has 2 N–H and O–H groups in total. The van der Waals surface area contributed by atoms with Crippen molar-refractivity contribution in [1.82, 2.24) is 15.2 Å². The van der Waals surface area contributed by atoms with Gasteiger partial charge >= 0.3 is 0 Å². The number of para-hydroxylation sites is 1. The van der Waals surface area contributed by atoms with Crippen molar-refractivity contribution in [2.45, 2.75) is 12.8 Å². The second kappa shape index (κ2) is 8.65. The summed E-state index contributed by atoms with van der Waals surface area (Å²) in [5.41, 5.74) is 3.13. The van der Waals surface area contributed by atoms with E-state index in [1.165, 1.54) is 0 Å². The van der Waals surface area contributed by atoms with Crippen molar-refractivity contribution < 1.29 is 14.3 Å². The Kier molecular flexibility index (Phi) is 5.61. The van der Waals surface area contributed by atoms with Crippen molar-refractivity contribution in [1.29, 1.82) is 0 Å². The molecular formula is C23H22N4O3. The fourth-order valence-electron chi connectivity index (χ4n) is 3.22. The van der Waals surface area contributed by atoms with Gasteiger partial charge in [0.15, 0.2) is 5.82 Å². The van der Waals surface area contributed by atoms with E-state index in [1.807, 2.05) is 54.6 Å². The number of pyridine rings is 1. The number of hydrogen-bond donors (Lipinski definition) is 2. The molecule has 0 saturated carbocycles. The van der Waals surface area contributed by atoms with Gasteiger partial charge in [-0.2, -0.15) is 5.10 Å². The summed E-state index contributed by atoms with van der Waals surface area (Å²) in [6.07, 6.45) is 1.50. The first-order valence-corrected chi connectivity index (χ1v) is 9.58. The van der Waals surface area contributed by atoms with Crippen LogP contribution >= 0.6 is 0 Å². The van der Waals surface area contributed by atoms with Crippen LogP contribution in [0.3, 0.4) is 0 Å². The number of anilines is 1. The molecule has 0 spiro atoms. The number of methoxy groups -OCH3 is 2. The maximum atomic E-state index is 12.5. The fourth-order valence-corrected chi connectivity index (χ4v) is 3.22. The van der Waals surface area contributed by atoms with Gasteiger partial charge in [-0.15, -0.1) is 0 Å². The van der Waals surface area contributed by atoms with Crippen molar-refractivity contribution >= 4 is 22.6 Å². The van der Waals surface area contributed by atoms with Gasteiger partial charge in [-0.05, 0) is 42.7 Å². The van der Waals surface area contributed by atoms with Gasteiger partial charge in [-0.1, -0.05) is 24.3 Å². The Labute approximate surface area is 174 Å². The number of aromatic nitrogens is 3. The van der Waals surface area contributed by atoms with E-state index >= 15 is 0 Å². The Morgan fingerprint density at radius 3 is 2.50 bits per heavy atom. The van der Waals surface area contributed by atoms with Crippen molar-refractivity contribution in [3.05, 3.63) is 77.6 Å². The number of nitrogens with zero attached hydrogens (tertiary/aromatic N) is 2. The molecule has 0 aliphatic heterocycles. The van der Waals surface area contributed by atoms with E-state index in [4.69, 9.17) is 9.47 Å². The molecule has 0 atom stereocenters. The van der Waals surface area contributed by atoms with E-state index in [0.29, 0.717) is 11.5 Å². The maximum Gasteiger partial charge on any atom is 0.275 e. The highest BCUT2D eigenvalue weighted by molar-refractivity contribution is 6.03. The van der Waals surface area contributed by atoms with Gasteiger partial charge in [0.1, 0.15) is 17.2 Å². The van der Waals surface area contributed by atoms with Gasteiger partial charge in [0.25, 0.3) is 5.91 Å². The zero-order valence-corrected chi connectivity index (χ0v) is 16.8. The molecule has 7 heteroatoms. The molecule has 2 heterocycles. The summed E-state index contributed by atoms with van der Waals surface area (Å²) in [4.78, 5) is 16.9. The van der Waals surface area contributed by atoms with Gasteiger partial charge < -0.3 is 14.8 Å². The summed E-state index contributed by atoms with van der Waals surface area (Å²) in [5, 5.41) is 10.9. The first kappa shape index (κ1) is 19.4. The average molecular weight is 402 g/mol. The lowest BCUT2D eigenvalue weighted by molar-refractivity contribution is 0.102. The number of aromatic amines is 1. The number of aryl methyl sites for hydroxylation is 2. The molecule has 152 valence electrons. The number of amides is 1. The molecular weight excluding hydrogens is 380 g/mol. The highest BCUT2D eigenvalue weighted by Crippen LogP contribution is 2.23. The summed E-state index contributed by atoms with van der Waals surface area (Å²) in [5.74, 6) is 1.68. The number of carbonyl (C=O) groups excluding carboxylic acids is 1. The number of H-pyrrole nitrogens is 1. The number of benzene rings is 2. The zero-order chi connectivity index (χ0) is 20.9. The normalized spacial score (nSPS) is 10.7. The number of ether oxygens (including phenoxy) is 2. The molecule has 0 radical (unpaired) electrons. The third kappa shape index (κ3) is 4.41. The van der Waals surface area contributed by atoms with Crippen LogP contribution in [0.4, 0.5) is 5.82 Å². The maximum absolute atomic E-state index is 12.5. The van der Waals surface area contributed by atoms with Crippen molar-refractivity contribution in [3.8, 4) is 11.5 Å². The van der Waals surface area contributed by atoms with Crippen LogP contribution in [0.15, 0.2) is 60.7 Å². The minimum Gasteiger partial charge on any atom is -0.497 e. The highest BCUT2D eigenvalue weighted by Gasteiger charge is 2.11. The third-order valence-electron chi connectivity index (χ3n) is 4.80. The van der Waals surface area contributed by atoms with E-state index in [0.717, 1.165) is 46.5 Å². The Hall–Kier alpha value is -3.87. The predicted molar refractivity (Wildman–Crippen MR) is 115 cm³/mol. The van der Waals surface area contributed by atoms with Crippen molar-refractivity contribution in [3.63, 3.8) is 0 Å². The van der Waals surface area contributed by atoms with Gasteiger partial charge in [0, 0.05) is 23.2 Å². The summed E-state index contributed by atoms with van der Waals surface area (Å²) < 4.78 is 10.6. The third-order valence-corrected chi connectivity index (χ3v) is 4.80. The molecule has 0 bridgehead atoms. The van der Waals surface area contributed by atoms with Crippen LogP contribution in [0.25, 0.3) is 10.9 Å². The number of fused-ring (bicyclic) bond motifs is 1. The molecule has 2 aromatic heterocycles. The van der Waals surface area contributed by atoms with E-state index in [2.05, 4.69) is 20.5 Å². The Balaban J connectivity index is 1.40. The van der Waals surface area contributed by atoms with E-state index in [9.17, 15) is 4.79 Å². The molecule has 0 saturated heterocycles. The number of carbonyl (C=O) groups is 1. The van der Waals surface area contributed by atoms with E-state index in [-0.39, 0.29) is 5.91 Å². The molecule has 0 aliphatic rings. The smallest absolute Gasteiger partial charge is 0.275 e. The molecule has 30 heavy (non-hydrogen) atoms. The summed E-state index contributed by atoms with van der Waals surface area (Å²) in [7, 11) is 3.26. The first-order valence-electron chi connectivity index (χ1n) is 9.58. The molecule has 0 fully saturated rings. The second-order valence-corrected chi connectivity index (χ2v) is 6.84. The summed E-state index contributed by atoms with van der Waals surface area (Å²) >= 11 is 0. The number of nitrogens with one attached hydrogen (secondary N) is 2. The summed E-state index contributed by atoms with van der Waals surface area (Å²) in [6.45, 7) is 0. The van der Waals surface area contributed by atoms with Crippen molar-refractivity contribution in [2.75, 3.05) is 19.5 Å². The standard InChI is InChI=1S/C23H22N4O3/c1-29-18-11-15(12-19(14-18)30-2)7-9-17-13-22(27-26-17)25-23(28)21-10-8-16-5-3-4-6-20(16)24-21/h3-6,8,10-14H,7,9H2,1-2H3,(H2,25,26,27,28). The van der Waals surface area contributed by atoms with Crippen LogP contribution in [-0.2, 0) is 12.8 Å². The lowest BCUT2D eigenvalue weighted by Crippen LogP contribution is -2.13. The molecule has 1 amide bonds. The Morgan fingerprint density at radius 2 is 1.73 bits per heavy atom. The van der Waals surface area contributed by atoms with E-state index in [1.54, 1.807) is 20.3 Å². The quantitative estimate of drug-likeness (QED) is 0.487. The number of hydrogen-bond acceptors (Lipinski definition) is 5. The average Bonchev–Trinajstić information content (AvgIpc) is 3.24. The lowest BCUT2D eigenvalue weighted by atomic mass is 10.1. The van der Waals surface area contributed by atoms with Gasteiger partial charge in [0.2, 0.25) is 0 Å². The molecule has 0 unspecified atom stereocenters. The largest absolute Gasteiger partial charge is 0.497 e. The Bertz CT molecular complexity index is 1160. The molecule has 0 aliphatic carbocycles. The minimum atomic E-state index is -0.295. The lowest BCUT2D eigenvalue weighted by Gasteiger charge is -2.08. The van der Waals surface area contributed by atoms with Crippen LogP contribution < -0.4 is 14.8 Å².